The lowest BCUT2D eigenvalue weighted by molar-refractivity contribution is 0.304. The number of rotatable bonds is 8. The largest absolute Gasteiger partial charge is 0.494 e. The van der Waals surface area contributed by atoms with Gasteiger partial charge in [0.2, 0.25) is 0 Å². The Morgan fingerprint density at radius 1 is 1.00 bits per heavy atom. The van der Waals surface area contributed by atoms with Crippen LogP contribution < -0.4 is 4.74 Å². The molecule has 0 bridgehead atoms. The summed E-state index contributed by atoms with van der Waals surface area (Å²) in [5, 5.41) is 9.76. The monoisotopic (exact) mass is 295 g/mol. The first kappa shape index (κ1) is 14.1. The molecule has 0 atom stereocenters. The predicted molar refractivity (Wildman–Crippen MR) is 73.5 cm³/mol. The Labute approximate surface area is 112 Å². The molecule has 2 nitrogen and oxygen atoms in total. The Morgan fingerprint density at radius 3 is 2.29 bits per heavy atom. The molecule has 0 aromatic heterocycles. The van der Waals surface area contributed by atoms with Crippen LogP contribution in [-0.2, 0) is 0 Å². The molecular formula is C14H18BrNO. The van der Waals surface area contributed by atoms with Gasteiger partial charge in [-0.3, -0.25) is 0 Å². The van der Waals surface area contributed by atoms with Crippen LogP contribution in [0.1, 0.15) is 37.7 Å². The molecule has 0 unspecified atom stereocenters. The number of halogens is 1. The fourth-order valence-corrected chi connectivity index (χ4v) is 1.94. The molecular weight excluding hydrogens is 278 g/mol. The van der Waals surface area contributed by atoms with Crippen molar-refractivity contribution in [1.82, 2.24) is 0 Å². The molecule has 0 spiro atoms. The minimum atomic E-state index is 0.673. The molecule has 0 radical (unpaired) electrons. The Hall–Kier alpha value is -1.01. The molecule has 0 N–H and O–H groups in total. The topological polar surface area (TPSA) is 33.0 Å². The summed E-state index contributed by atoms with van der Waals surface area (Å²) in [6, 6.07) is 9.36. The first-order valence-electron chi connectivity index (χ1n) is 6.06. The highest BCUT2D eigenvalue weighted by Gasteiger charge is 1.95. The van der Waals surface area contributed by atoms with Gasteiger partial charge in [-0.25, -0.2) is 0 Å². The fraction of sp³-hybridized carbons (Fsp3) is 0.500. The molecule has 0 amide bonds. The fourth-order valence-electron chi connectivity index (χ4n) is 1.54. The third kappa shape index (κ3) is 6.33. The minimum absolute atomic E-state index is 0.673. The predicted octanol–water partition coefficient (Wildman–Crippen LogP) is 4.28. The molecule has 1 aromatic carbocycles. The SMILES string of the molecule is N#Cc1ccc(OCCCCCCCBr)cc1. The van der Waals surface area contributed by atoms with Crippen LogP contribution in [0.5, 0.6) is 5.75 Å². The van der Waals surface area contributed by atoms with E-state index in [1.165, 1.54) is 25.7 Å². The van der Waals surface area contributed by atoms with Gasteiger partial charge in [0.1, 0.15) is 5.75 Å². The van der Waals surface area contributed by atoms with Gasteiger partial charge >= 0.3 is 0 Å². The second-order valence-electron chi connectivity index (χ2n) is 3.94. The third-order valence-electron chi connectivity index (χ3n) is 2.53. The lowest BCUT2D eigenvalue weighted by atomic mass is 10.2. The van der Waals surface area contributed by atoms with Gasteiger partial charge in [-0.15, -0.1) is 0 Å². The summed E-state index contributed by atoms with van der Waals surface area (Å²) in [4.78, 5) is 0. The van der Waals surface area contributed by atoms with Gasteiger partial charge in [-0.1, -0.05) is 35.2 Å². The average Bonchev–Trinajstić information content (AvgIpc) is 2.38. The number of benzene rings is 1. The maximum Gasteiger partial charge on any atom is 0.119 e. The molecule has 0 saturated carbocycles. The summed E-state index contributed by atoms with van der Waals surface area (Å²) in [5.74, 6) is 0.851. The van der Waals surface area contributed by atoms with Crippen molar-refractivity contribution in [1.29, 1.82) is 5.26 Å². The molecule has 0 saturated heterocycles. The normalized spacial score (nSPS) is 9.88. The Bertz CT molecular complexity index is 342. The molecule has 92 valence electrons. The van der Waals surface area contributed by atoms with E-state index in [-0.39, 0.29) is 0 Å². The highest BCUT2D eigenvalue weighted by atomic mass is 79.9. The smallest absolute Gasteiger partial charge is 0.119 e. The van der Waals surface area contributed by atoms with Crippen LogP contribution in [0.4, 0.5) is 0 Å². The lowest BCUT2D eigenvalue weighted by Gasteiger charge is -2.05. The summed E-state index contributed by atoms with van der Waals surface area (Å²) < 4.78 is 5.59. The van der Waals surface area contributed by atoms with Crippen LogP contribution in [0.3, 0.4) is 0 Å². The van der Waals surface area contributed by atoms with E-state index in [0.29, 0.717) is 5.56 Å². The van der Waals surface area contributed by atoms with Crippen molar-refractivity contribution in [2.24, 2.45) is 0 Å². The van der Waals surface area contributed by atoms with Gasteiger partial charge in [-0.2, -0.15) is 5.26 Å². The zero-order chi connectivity index (χ0) is 12.3. The average molecular weight is 296 g/mol. The second kappa shape index (κ2) is 9.07. The molecule has 0 aliphatic carbocycles. The van der Waals surface area contributed by atoms with Crippen molar-refractivity contribution < 1.29 is 4.74 Å². The van der Waals surface area contributed by atoms with Gasteiger partial charge in [-0.05, 0) is 37.1 Å². The number of nitriles is 1. The molecule has 0 aliphatic heterocycles. The van der Waals surface area contributed by atoms with Crippen LogP contribution in [0.2, 0.25) is 0 Å². The summed E-state index contributed by atoms with van der Waals surface area (Å²) in [6.45, 7) is 0.764. The van der Waals surface area contributed by atoms with Crippen molar-refractivity contribution in [3.8, 4) is 11.8 Å². The first-order valence-corrected chi connectivity index (χ1v) is 7.18. The molecule has 0 aliphatic rings. The Balaban J connectivity index is 2.08. The molecule has 1 rings (SSSR count). The van der Waals surface area contributed by atoms with E-state index in [1.807, 2.05) is 12.1 Å². The van der Waals surface area contributed by atoms with Crippen LogP contribution in [-0.4, -0.2) is 11.9 Å². The third-order valence-corrected chi connectivity index (χ3v) is 3.09. The number of hydrogen-bond acceptors (Lipinski definition) is 2. The van der Waals surface area contributed by atoms with Gasteiger partial charge in [0.05, 0.1) is 18.2 Å². The maximum absolute atomic E-state index is 8.65. The highest BCUT2D eigenvalue weighted by Crippen LogP contribution is 2.12. The number of unbranched alkanes of at least 4 members (excludes halogenated alkanes) is 4. The van der Waals surface area contributed by atoms with Crippen LogP contribution in [0.25, 0.3) is 0 Å². The molecule has 3 heteroatoms. The van der Waals surface area contributed by atoms with E-state index in [4.69, 9.17) is 10.00 Å². The van der Waals surface area contributed by atoms with Crippen molar-refractivity contribution in [2.45, 2.75) is 32.1 Å². The van der Waals surface area contributed by atoms with E-state index < -0.39 is 0 Å². The minimum Gasteiger partial charge on any atom is -0.494 e. The van der Waals surface area contributed by atoms with E-state index >= 15 is 0 Å². The standard InChI is InChI=1S/C14H18BrNO/c15-10-4-2-1-3-5-11-17-14-8-6-13(12-16)7-9-14/h6-9H,1-5,10-11H2. The van der Waals surface area contributed by atoms with Gasteiger partial charge < -0.3 is 4.74 Å². The number of alkyl halides is 1. The summed E-state index contributed by atoms with van der Waals surface area (Å²) in [5.41, 5.74) is 0.673. The van der Waals surface area contributed by atoms with Crippen molar-refractivity contribution >= 4 is 15.9 Å². The van der Waals surface area contributed by atoms with Crippen molar-refractivity contribution in [3.63, 3.8) is 0 Å². The Kier molecular flexibility index (Phi) is 7.49. The van der Waals surface area contributed by atoms with Gasteiger partial charge in [0.25, 0.3) is 0 Å². The van der Waals surface area contributed by atoms with Crippen molar-refractivity contribution in [2.75, 3.05) is 11.9 Å². The highest BCUT2D eigenvalue weighted by molar-refractivity contribution is 9.09. The number of ether oxygens (including phenoxy) is 1. The van der Waals surface area contributed by atoms with E-state index in [9.17, 15) is 0 Å². The van der Waals surface area contributed by atoms with Gasteiger partial charge in [0, 0.05) is 5.33 Å². The lowest BCUT2D eigenvalue weighted by Crippen LogP contribution is -1.97. The molecule has 1 aromatic rings. The van der Waals surface area contributed by atoms with Crippen LogP contribution >= 0.6 is 15.9 Å². The number of hydrogen-bond donors (Lipinski definition) is 0. The van der Waals surface area contributed by atoms with Crippen LogP contribution in [0, 0.1) is 11.3 Å². The van der Waals surface area contributed by atoms with Crippen LogP contribution in [0.15, 0.2) is 24.3 Å². The zero-order valence-corrected chi connectivity index (χ0v) is 11.6. The molecule has 0 heterocycles. The maximum atomic E-state index is 8.65. The van der Waals surface area contributed by atoms with E-state index in [0.717, 1.165) is 24.1 Å². The summed E-state index contributed by atoms with van der Waals surface area (Å²) in [6.07, 6.45) is 6.16. The van der Waals surface area contributed by atoms with E-state index in [2.05, 4.69) is 22.0 Å². The zero-order valence-electron chi connectivity index (χ0n) is 9.99. The first-order chi connectivity index (χ1) is 8.36. The summed E-state index contributed by atoms with van der Waals surface area (Å²) >= 11 is 3.43. The Morgan fingerprint density at radius 2 is 1.65 bits per heavy atom. The molecule has 17 heavy (non-hydrogen) atoms. The number of nitrogens with zero attached hydrogens (tertiary/aromatic N) is 1. The van der Waals surface area contributed by atoms with E-state index in [1.54, 1.807) is 12.1 Å². The quantitative estimate of drug-likeness (QED) is 0.530. The summed E-state index contributed by atoms with van der Waals surface area (Å²) in [7, 11) is 0. The second-order valence-corrected chi connectivity index (χ2v) is 4.73. The molecule has 0 fully saturated rings. The van der Waals surface area contributed by atoms with Crippen molar-refractivity contribution in [3.05, 3.63) is 29.8 Å². The van der Waals surface area contributed by atoms with Gasteiger partial charge in [0.15, 0.2) is 0 Å².